The van der Waals surface area contributed by atoms with Crippen molar-refractivity contribution in [3.05, 3.63) is 53.2 Å². The molecule has 0 saturated carbocycles. The van der Waals surface area contributed by atoms with Gasteiger partial charge in [-0.25, -0.2) is 4.98 Å². The summed E-state index contributed by atoms with van der Waals surface area (Å²) in [5.41, 5.74) is -2.25. The molecule has 1 heterocycles. The van der Waals surface area contributed by atoms with E-state index in [1.165, 1.54) is 12.1 Å². The van der Waals surface area contributed by atoms with Crippen LogP contribution in [0.25, 0.3) is 11.3 Å². The van der Waals surface area contributed by atoms with Crippen molar-refractivity contribution in [1.29, 1.82) is 0 Å². The maximum atomic E-state index is 13.5. The van der Waals surface area contributed by atoms with Crippen LogP contribution in [-0.4, -0.2) is 23.2 Å². The fraction of sp³-hybridized carbons (Fsp3) is 0.421. The summed E-state index contributed by atoms with van der Waals surface area (Å²) in [6, 6.07) is 5.29. The monoisotopic (exact) mass is 406 g/mol. The highest BCUT2D eigenvalue weighted by atomic mass is 19.4. The molecule has 28 heavy (non-hydrogen) atoms. The highest BCUT2D eigenvalue weighted by Gasteiger charge is 2.37. The molecular weight excluding hydrogens is 386 g/mol. The molecule has 0 spiro atoms. The lowest BCUT2D eigenvalue weighted by molar-refractivity contribution is -0.142. The van der Waals surface area contributed by atoms with Crippen molar-refractivity contribution in [3.63, 3.8) is 0 Å². The van der Waals surface area contributed by atoms with Crippen molar-refractivity contribution in [2.24, 2.45) is 0 Å². The number of hydrogen-bond donors (Lipinski definition) is 2. The van der Waals surface area contributed by atoms with Gasteiger partial charge >= 0.3 is 12.4 Å². The molecule has 2 N–H and O–H groups in total. The zero-order valence-corrected chi connectivity index (χ0v) is 15.0. The molecule has 1 aromatic carbocycles. The maximum Gasteiger partial charge on any atom is 0.433 e. The molecule has 0 aliphatic carbocycles. The number of unbranched alkanes of at least 4 members (excludes halogenated alkanes) is 1. The van der Waals surface area contributed by atoms with Crippen LogP contribution < -0.4 is 5.32 Å². The summed E-state index contributed by atoms with van der Waals surface area (Å²) in [6.45, 7) is 1.81. The second-order valence-corrected chi connectivity index (χ2v) is 6.25. The van der Waals surface area contributed by atoms with Gasteiger partial charge in [0.1, 0.15) is 5.69 Å². The number of nitrogens with zero attached hydrogens (tertiary/aromatic N) is 1. The van der Waals surface area contributed by atoms with E-state index in [1.54, 1.807) is 0 Å². The highest BCUT2D eigenvalue weighted by molar-refractivity contribution is 5.60. The normalized spacial score (nSPS) is 13.6. The topological polar surface area (TPSA) is 45.1 Å². The lowest BCUT2D eigenvalue weighted by Gasteiger charge is -2.21. The predicted molar refractivity (Wildman–Crippen MR) is 92.4 cm³/mol. The van der Waals surface area contributed by atoms with Gasteiger partial charge in [0, 0.05) is 11.1 Å². The molecular formula is C19H20F6N2O. The summed E-state index contributed by atoms with van der Waals surface area (Å²) in [5, 5.41) is 12.4. The molecule has 0 amide bonds. The number of aliphatic hydroxyl groups excluding tert-OH is 1. The van der Waals surface area contributed by atoms with Crippen molar-refractivity contribution in [1.82, 2.24) is 10.3 Å². The van der Waals surface area contributed by atoms with E-state index in [4.69, 9.17) is 0 Å². The van der Waals surface area contributed by atoms with E-state index in [9.17, 15) is 31.4 Å². The second kappa shape index (κ2) is 8.91. The number of halogens is 6. The second-order valence-electron chi connectivity index (χ2n) is 6.25. The number of nitrogens with one attached hydrogen (secondary N) is 1. The van der Waals surface area contributed by atoms with Gasteiger partial charge in [-0.1, -0.05) is 31.5 Å². The third-order valence-corrected chi connectivity index (χ3v) is 4.18. The van der Waals surface area contributed by atoms with E-state index in [0.29, 0.717) is 6.54 Å². The van der Waals surface area contributed by atoms with Crippen LogP contribution in [-0.2, 0) is 12.4 Å². The van der Waals surface area contributed by atoms with Gasteiger partial charge in [0.05, 0.1) is 23.9 Å². The minimum Gasteiger partial charge on any atom is -0.394 e. The Labute approximate surface area is 158 Å². The van der Waals surface area contributed by atoms with E-state index < -0.39 is 36.3 Å². The first-order valence-electron chi connectivity index (χ1n) is 8.68. The molecule has 3 nitrogen and oxygen atoms in total. The summed E-state index contributed by atoms with van der Waals surface area (Å²) < 4.78 is 78.6. The van der Waals surface area contributed by atoms with Gasteiger partial charge in [-0.05, 0) is 31.2 Å². The summed E-state index contributed by atoms with van der Waals surface area (Å²) in [5.74, 6) is 0. The summed E-state index contributed by atoms with van der Waals surface area (Å²) >= 11 is 0. The van der Waals surface area contributed by atoms with Crippen LogP contribution in [0, 0.1) is 0 Å². The van der Waals surface area contributed by atoms with Crippen LogP contribution in [0.1, 0.15) is 42.6 Å². The maximum absolute atomic E-state index is 13.5. The summed E-state index contributed by atoms with van der Waals surface area (Å²) in [6.07, 6.45) is -7.75. The molecule has 1 aromatic heterocycles. The first-order chi connectivity index (χ1) is 13.1. The molecule has 154 valence electrons. The van der Waals surface area contributed by atoms with Gasteiger partial charge in [0.15, 0.2) is 0 Å². The molecule has 0 aliphatic rings. The van der Waals surface area contributed by atoms with E-state index >= 15 is 0 Å². The van der Waals surface area contributed by atoms with Crippen LogP contribution in [0.15, 0.2) is 36.4 Å². The lowest BCUT2D eigenvalue weighted by Crippen LogP contribution is -2.28. The Kier molecular flexibility index (Phi) is 7.06. The number of rotatable bonds is 7. The fourth-order valence-corrected chi connectivity index (χ4v) is 2.69. The Bertz CT molecular complexity index is 771. The lowest BCUT2D eigenvalue weighted by atomic mass is 10.0. The Hall–Kier alpha value is -2.13. The number of aromatic nitrogens is 1. The van der Waals surface area contributed by atoms with Crippen molar-refractivity contribution >= 4 is 0 Å². The number of aliphatic hydroxyl groups is 1. The molecule has 0 unspecified atom stereocenters. The van der Waals surface area contributed by atoms with Crippen LogP contribution in [0.4, 0.5) is 26.3 Å². The van der Waals surface area contributed by atoms with Crippen molar-refractivity contribution in [2.75, 3.05) is 13.2 Å². The van der Waals surface area contributed by atoms with Crippen molar-refractivity contribution in [2.45, 2.75) is 38.2 Å². The molecule has 0 fully saturated rings. The van der Waals surface area contributed by atoms with E-state index in [2.05, 4.69) is 10.3 Å². The minimum absolute atomic E-state index is 0.102. The predicted octanol–water partition coefficient (Wildman–Crippen LogP) is 5.21. The first kappa shape index (κ1) is 22.2. The van der Waals surface area contributed by atoms with Crippen molar-refractivity contribution < 1.29 is 31.4 Å². The average Bonchev–Trinajstić information content (AvgIpc) is 2.64. The largest absolute Gasteiger partial charge is 0.433 e. The van der Waals surface area contributed by atoms with Crippen LogP contribution in [0.2, 0.25) is 0 Å². The third kappa shape index (κ3) is 5.45. The Morgan fingerprint density at radius 2 is 1.61 bits per heavy atom. The molecule has 0 saturated heterocycles. The van der Waals surface area contributed by atoms with E-state index in [0.717, 1.165) is 37.1 Å². The number of benzene rings is 1. The van der Waals surface area contributed by atoms with Crippen LogP contribution in [0.5, 0.6) is 0 Å². The minimum atomic E-state index is -4.78. The number of pyridine rings is 1. The molecule has 1 atom stereocenters. The highest BCUT2D eigenvalue weighted by Crippen LogP contribution is 2.36. The van der Waals surface area contributed by atoms with Gasteiger partial charge in [-0.2, -0.15) is 26.3 Å². The van der Waals surface area contributed by atoms with Gasteiger partial charge < -0.3 is 10.4 Å². The summed E-state index contributed by atoms with van der Waals surface area (Å²) in [7, 11) is 0. The third-order valence-electron chi connectivity index (χ3n) is 4.18. The molecule has 0 aliphatic heterocycles. The quantitative estimate of drug-likeness (QED) is 0.490. The molecule has 9 heteroatoms. The van der Waals surface area contributed by atoms with E-state index in [-0.39, 0.29) is 16.8 Å². The standard InChI is InChI=1S/C19H20F6N2O/c1-2-3-10-26-16(11-28)14-8-9-15(27-17(14)19(23,24)25)12-4-6-13(7-5-12)18(20,21)22/h4-9,16,26,28H,2-3,10-11H2,1H3/t16-/m0/s1. The Morgan fingerprint density at radius 1 is 0.964 bits per heavy atom. The molecule has 0 radical (unpaired) electrons. The number of alkyl halides is 6. The molecule has 0 bridgehead atoms. The Morgan fingerprint density at radius 3 is 2.11 bits per heavy atom. The van der Waals surface area contributed by atoms with Crippen LogP contribution in [0.3, 0.4) is 0 Å². The zero-order chi connectivity index (χ0) is 20.9. The van der Waals surface area contributed by atoms with E-state index in [1.807, 2.05) is 6.92 Å². The molecule has 2 rings (SSSR count). The Balaban J connectivity index is 2.41. The summed E-state index contributed by atoms with van der Waals surface area (Å²) in [4.78, 5) is 3.65. The fourth-order valence-electron chi connectivity index (χ4n) is 2.69. The van der Waals surface area contributed by atoms with Crippen LogP contribution >= 0.6 is 0 Å². The van der Waals surface area contributed by atoms with Gasteiger partial charge in [0.25, 0.3) is 0 Å². The van der Waals surface area contributed by atoms with Gasteiger partial charge in [-0.15, -0.1) is 0 Å². The van der Waals surface area contributed by atoms with Gasteiger partial charge in [-0.3, -0.25) is 0 Å². The smallest absolute Gasteiger partial charge is 0.394 e. The molecule has 2 aromatic rings. The first-order valence-corrected chi connectivity index (χ1v) is 8.68. The number of hydrogen-bond acceptors (Lipinski definition) is 3. The van der Waals surface area contributed by atoms with Crippen molar-refractivity contribution in [3.8, 4) is 11.3 Å². The SMILES string of the molecule is CCCCN[C@@H](CO)c1ccc(-c2ccc(C(F)(F)F)cc2)nc1C(F)(F)F. The average molecular weight is 406 g/mol. The van der Waals surface area contributed by atoms with Gasteiger partial charge in [0.2, 0.25) is 0 Å². The zero-order valence-electron chi connectivity index (χ0n) is 15.0.